The van der Waals surface area contributed by atoms with Gasteiger partial charge in [-0.2, -0.15) is 0 Å². The van der Waals surface area contributed by atoms with Gasteiger partial charge in [-0.3, -0.25) is 9.59 Å². The van der Waals surface area contributed by atoms with Crippen molar-refractivity contribution in [2.24, 2.45) is 0 Å². The van der Waals surface area contributed by atoms with Gasteiger partial charge in [0.25, 0.3) is 11.5 Å². The Kier molecular flexibility index (Phi) is 6.93. The summed E-state index contributed by atoms with van der Waals surface area (Å²) in [4.78, 5) is 45.9. The average Bonchev–Trinajstić information content (AvgIpc) is 2.93. The van der Waals surface area contributed by atoms with E-state index in [1.54, 1.807) is 12.0 Å². The molecule has 188 valence electrons. The fourth-order valence-corrected chi connectivity index (χ4v) is 4.41. The third-order valence-electron chi connectivity index (χ3n) is 6.33. The molecule has 1 fully saturated rings. The summed E-state index contributed by atoms with van der Waals surface area (Å²) >= 11 is 0. The predicted octanol–water partition coefficient (Wildman–Crippen LogP) is 3.10. The van der Waals surface area contributed by atoms with E-state index in [1.807, 2.05) is 67.6 Å². The first-order valence-corrected chi connectivity index (χ1v) is 12.2. The maximum absolute atomic E-state index is 13.2. The molecule has 1 N–H and O–H groups in total. The van der Waals surface area contributed by atoms with Crippen molar-refractivity contribution in [3.05, 3.63) is 100.0 Å². The zero-order valence-corrected chi connectivity index (χ0v) is 20.8. The van der Waals surface area contributed by atoms with E-state index in [4.69, 9.17) is 4.74 Å². The van der Waals surface area contributed by atoms with Crippen LogP contribution in [-0.4, -0.2) is 64.0 Å². The number of amides is 1. The van der Waals surface area contributed by atoms with Crippen LogP contribution in [0.15, 0.2) is 71.5 Å². The highest BCUT2D eigenvalue weighted by molar-refractivity contribution is 5.92. The van der Waals surface area contributed by atoms with Crippen LogP contribution in [0, 0.1) is 6.92 Å². The van der Waals surface area contributed by atoms with Crippen LogP contribution in [0.5, 0.6) is 5.75 Å². The van der Waals surface area contributed by atoms with E-state index in [2.05, 4.69) is 24.8 Å². The number of carbonyl (C=O) groups excluding carboxylic acids is 1. The Labute approximate surface area is 214 Å². The maximum Gasteiger partial charge on any atom is 0.272 e. The Morgan fingerprint density at radius 3 is 2.38 bits per heavy atom. The number of carbonyl (C=O) groups is 1. The summed E-state index contributed by atoms with van der Waals surface area (Å²) in [6.45, 7) is 4.14. The molecule has 5 rings (SSSR count). The number of rotatable bonds is 6. The van der Waals surface area contributed by atoms with Gasteiger partial charge in [0.05, 0.1) is 12.8 Å². The first-order valence-electron chi connectivity index (χ1n) is 12.2. The van der Waals surface area contributed by atoms with Crippen LogP contribution in [0.3, 0.4) is 0 Å². The molecular weight excluding hydrogens is 468 g/mol. The molecule has 0 atom stereocenters. The first kappa shape index (κ1) is 24.2. The second kappa shape index (κ2) is 10.6. The molecular formula is C28H28N6O3. The van der Waals surface area contributed by atoms with Crippen molar-refractivity contribution in [2.45, 2.75) is 13.3 Å². The van der Waals surface area contributed by atoms with E-state index >= 15 is 0 Å². The molecule has 9 heteroatoms. The lowest BCUT2D eigenvalue weighted by Gasteiger charge is -2.35. The number of nitrogens with zero attached hydrogens (tertiary/aromatic N) is 5. The number of nitrogens with one attached hydrogen (secondary N) is 1. The molecule has 0 saturated carbocycles. The minimum Gasteiger partial charge on any atom is -0.497 e. The Hall–Kier alpha value is -4.53. The molecule has 0 unspecified atom stereocenters. The number of benzene rings is 2. The number of H-pyrrole nitrogens is 1. The minimum absolute atomic E-state index is 0.157. The van der Waals surface area contributed by atoms with Gasteiger partial charge in [-0.05, 0) is 24.6 Å². The smallest absolute Gasteiger partial charge is 0.272 e. The van der Waals surface area contributed by atoms with Crippen LogP contribution < -0.4 is 15.2 Å². The van der Waals surface area contributed by atoms with Gasteiger partial charge in [0, 0.05) is 50.3 Å². The molecule has 1 aliphatic heterocycles. The molecule has 3 heterocycles. The van der Waals surface area contributed by atoms with Crippen LogP contribution in [0.2, 0.25) is 0 Å². The fourth-order valence-electron chi connectivity index (χ4n) is 4.41. The summed E-state index contributed by atoms with van der Waals surface area (Å²) in [5.41, 5.74) is 2.68. The van der Waals surface area contributed by atoms with Crippen molar-refractivity contribution in [2.75, 3.05) is 38.2 Å². The highest BCUT2D eigenvalue weighted by Crippen LogP contribution is 2.23. The molecule has 9 nitrogen and oxygen atoms in total. The van der Waals surface area contributed by atoms with Crippen LogP contribution in [-0.2, 0) is 6.42 Å². The lowest BCUT2D eigenvalue weighted by atomic mass is 10.1. The number of methoxy groups -OCH3 is 1. The van der Waals surface area contributed by atoms with Gasteiger partial charge in [-0.25, -0.2) is 15.0 Å². The molecule has 2 aromatic carbocycles. The normalized spacial score (nSPS) is 13.5. The number of hydrogen-bond acceptors (Lipinski definition) is 7. The highest BCUT2D eigenvalue weighted by atomic mass is 16.5. The fraction of sp³-hybridized carbons (Fsp3) is 0.250. The van der Waals surface area contributed by atoms with Crippen molar-refractivity contribution in [1.29, 1.82) is 0 Å². The van der Waals surface area contributed by atoms with Crippen LogP contribution >= 0.6 is 0 Å². The van der Waals surface area contributed by atoms with E-state index in [0.29, 0.717) is 44.2 Å². The lowest BCUT2D eigenvalue weighted by Crippen LogP contribution is -2.49. The quantitative estimate of drug-likeness (QED) is 0.437. The number of hydrogen-bond donors (Lipinski definition) is 1. The van der Waals surface area contributed by atoms with Crippen molar-refractivity contribution in [3.8, 4) is 17.0 Å². The van der Waals surface area contributed by atoms with E-state index in [1.165, 1.54) is 6.07 Å². The summed E-state index contributed by atoms with van der Waals surface area (Å²) < 4.78 is 5.19. The number of aryl methyl sites for hydroxylation is 1. The predicted molar refractivity (Wildman–Crippen MR) is 141 cm³/mol. The van der Waals surface area contributed by atoms with E-state index in [-0.39, 0.29) is 17.2 Å². The molecule has 1 saturated heterocycles. The van der Waals surface area contributed by atoms with Crippen molar-refractivity contribution in [3.63, 3.8) is 0 Å². The second-order valence-electron chi connectivity index (χ2n) is 8.91. The summed E-state index contributed by atoms with van der Waals surface area (Å²) in [7, 11) is 1.61. The zero-order valence-electron chi connectivity index (χ0n) is 20.8. The van der Waals surface area contributed by atoms with Crippen molar-refractivity contribution in [1.82, 2.24) is 24.8 Å². The van der Waals surface area contributed by atoms with E-state index < -0.39 is 0 Å². The van der Waals surface area contributed by atoms with Gasteiger partial charge in [0.1, 0.15) is 28.9 Å². The lowest BCUT2D eigenvalue weighted by molar-refractivity contribution is 0.0740. The number of aromatic amines is 1. The number of anilines is 1. The van der Waals surface area contributed by atoms with Gasteiger partial charge in [0.2, 0.25) is 0 Å². The molecule has 0 radical (unpaired) electrons. The van der Waals surface area contributed by atoms with Crippen LogP contribution in [0.4, 0.5) is 5.82 Å². The first-order chi connectivity index (χ1) is 18.0. The molecule has 1 amide bonds. The third-order valence-corrected chi connectivity index (χ3v) is 6.33. The molecule has 0 aliphatic carbocycles. The van der Waals surface area contributed by atoms with Crippen molar-refractivity contribution >= 4 is 11.7 Å². The SMILES string of the molecule is COc1ccc(Cc2nc(C(=O)N3CCN(c4cc(-c5ccccc5)nc(C)n4)CC3)cc(=O)[nH]2)cc1. The molecule has 0 spiro atoms. The summed E-state index contributed by atoms with van der Waals surface area (Å²) in [5, 5.41) is 0. The summed E-state index contributed by atoms with van der Waals surface area (Å²) in [5.74, 6) is 2.50. The minimum atomic E-state index is -0.342. The summed E-state index contributed by atoms with van der Waals surface area (Å²) in [6, 6.07) is 20.8. The number of aromatic nitrogens is 4. The average molecular weight is 497 g/mol. The molecule has 4 aromatic rings. The van der Waals surface area contributed by atoms with Crippen molar-refractivity contribution < 1.29 is 9.53 Å². The number of ether oxygens (including phenoxy) is 1. The molecule has 2 aromatic heterocycles. The maximum atomic E-state index is 13.2. The van der Waals surface area contributed by atoms with Gasteiger partial charge in [0.15, 0.2) is 0 Å². The Balaban J connectivity index is 1.27. The van der Waals surface area contributed by atoms with Gasteiger partial charge < -0.3 is 19.5 Å². The summed E-state index contributed by atoms with van der Waals surface area (Å²) in [6.07, 6.45) is 0.408. The highest BCUT2D eigenvalue weighted by Gasteiger charge is 2.25. The molecule has 1 aliphatic rings. The van der Waals surface area contributed by atoms with Crippen LogP contribution in [0.1, 0.15) is 27.7 Å². The Bertz CT molecular complexity index is 1450. The zero-order chi connectivity index (χ0) is 25.8. The largest absolute Gasteiger partial charge is 0.497 e. The standard InChI is InChI=1S/C28H28N6O3/c1-19-29-23(21-6-4-3-5-7-21)17-26(30-19)33-12-14-34(15-13-33)28(36)24-18-27(35)32-25(31-24)16-20-8-10-22(37-2)11-9-20/h3-11,17-18H,12-16H2,1-2H3,(H,31,32,35). The second-order valence-corrected chi connectivity index (χ2v) is 8.91. The van der Waals surface area contributed by atoms with Gasteiger partial charge >= 0.3 is 0 Å². The monoisotopic (exact) mass is 496 g/mol. The molecule has 37 heavy (non-hydrogen) atoms. The topological polar surface area (TPSA) is 104 Å². The van der Waals surface area contributed by atoms with E-state index in [0.717, 1.165) is 28.4 Å². The van der Waals surface area contributed by atoms with Gasteiger partial charge in [-0.15, -0.1) is 0 Å². The van der Waals surface area contributed by atoms with Gasteiger partial charge in [-0.1, -0.05) is 42.5 Å². The van der Waals surface area contributed by atoms with Crippen LogP contribution in [0.25, 0.3) is 11.3 Å². The number of piperazine rings is 1. The Morgan fingerprint density at radius 2 is 1.68 bits per heavy atom. The Morgan fingerprint density at radius 1 is 0.946 bits per heavy atom. The molecule has 0 bridgehead atoms. The third kappa shape index (κ3) is 5.66. The van der Waals surface area contributed by atoms with E-state index in [9.17, 15) is 9.59 Å².